The van der Waals surface area contributed by atoms with Gasteiger partial charge in [-0.2, -0.15) is 0 Å². The summed E-state index contributed by atoms with van der Waals surface area (Å²) in [5.74, 6) is 1.65. The largest absolute Gasteiger partial charge is 0.487 e. The summed E-state index contributed by atoms with van der Waals surface area (Å²) in [4.78, 5) is 21.0. The van der Waals surface area contributed by atoms with Crippen molar-refractivity contribution in [3.8, 4) is 5.75 Å². The number of fused-ring (bicyclic) bond motifs is 1. The average molecular weight is 338 g/mol. The molecule has 130 valence electrons. The topological polar surface area (TPSA) is 59.4 Å². The second-order valence-corrected chi connectivity index (χ2v) is 6.17. The van der Waals surface area contributed by atoms with Crippen LogP contribution in [0.1, 0.15) is 18.3 Å². The lowest BCUT2D eigenvalue weighted by molar-refractivity contribution is -0.912. The summed E-state index contributed by atoms with van der Waals surface area (Å²) in [7, 11) is 0. The fourth-order valence-corrected chi connectivity index (χ4v) is 2.87. The molecule has 0 saturated carbocycles. The van der Waals surface area contributed by atoms with Gasteiger partial charge in [-0.1, -0.05) is 30.3 Å². The zero-order valence-corrected chi connectivity index (χ0v) is 14.7. The predicted molar refractivity (Wildman–Crippen MR) is 99.1 cm³/mol. The summed E-state index contributed by atoms with van der Waals surface area (Å²) in [6.07, 6.45) is 0. The summed E-state index contributed by atoms with van der Waals surface area (Å²) in [5.41, 5.74) is 1.81. The minimum absolute atomic E-state index is 0.0767. The zero-order chi connectivity index (χ0) is 17.6. The van der Waals surface area contributed by atoms with Gasteiger partial charge in [0.2, 0.25) is 0 Å². The third-order valence-electron chi connectivity index (χ3n) is 4.39. The van der Waals surface area contributed by atoms with Gasteiger partial charge in [-0.3, -0.25) is 4.79 Å². The highest BCUT2D eigenvalue weighted by Crippen LogP contribution is 2.15. The Morgan fingerprint density at radius 2 is 1.88 bits per heavy atom. The molecule has 0 radical (unpaired) electrons. The van der Waals surface area contributed by atoms with Crippen LogP contribution in [0.4, 0.5) is 0 Å². The molecule has 5 nitrogen and oxygen atoms in total. The molecule has 0 aliphatic heterocycles. The van der Waals surface area contributed by atoms with Crippen LogP contribution in [0.25, 0.3) is 10.9 Å². The molecule has 0 spiro atoms. The number of aryl methyl sites for hydroxylation is 1. The predicted octanol–water partition coefficient (Wildman–Crippen LogP) is 1.72. The van der Waals surface area contributed by atoms with Gasteiger partial charge in [-0.05, 0) is 37.6 Å². The van der Waals surface area contributed by atoms with Crippen LogP contribution in [0.15, 0.2) is 53.3 Å². The molecule has 3 rings (SSSR count). The summed E-state index contributed by atoms with van der Waals surface area (Å²) in [5, 5.41) is 0.632. The normalized spacial score (nSPS) is 12.2. The van der Waals surface area contributed by atoms with Crippen LogP contribution in [-0.2, 0) is 6.54 Å². The molecule has 2 N–H and O–H groups in total. The van der Waals surface area contributed by atoms with E-state index in [1.54, 1.807) is 6.07 Å². The van der Waals surface area contributed by atoms with Crippen molar-refractivity contribution in [3.05, 3.63) is 70.3 Å². The van der Waals surface area contributed by atoms with Crippen molar-refractivity contribution in [3.63, 3.8) is 0 Å². The van der Waals surface area contributed by atoms with Crippen LogP contribution in [0, 0.1) is 6.92 Å². The molecule has 25 heavy (non-hydrogen) atoms. The Kier molecular flexibility index (Phi) is 5.46. The van der Waals surface area contributed by atoms with E-state index in [0.717, 1.165) is 35.7 Å². The Morgan fingerprint density at radius 3 is 2.68 bits per heavy atom. The van der Waals surface area contributed by atoms with Crippen molar-refractivity contribution < 1.29 is 9.64 Å². The number of quaternary nitrogens is 1. The smallest absolute Gasteiger partial charge is 0.258 e. The van der Waals surface area contributed by atoms with E-state index in [4.69, 9.17) is 4.74 Å². The number of benzene rings is 2. The Hall–Kier alpha value is -2.66. The van der Waals surface area contributed by atoms with Crippen molar-refractivity contribution in [1.29, 1.82) is 0 Å². The number of H-pyrrole nitrogens is 1. The molecular formula is C20H24N3O2+. The quantitative estimate of drug-likeness (QED) is 0.690. The lowest BCUT2D eigenvalue weighted by Crippen LogP contribution is -3.11. The molecular weight excluding hydrogens is 314 g/mol. The van der Waals surface area contributed by atoms with Gasteiger partial charge in [-0.25, -0.2) is 4.98 Å². The van der Waals surface area contributed by atoms with Crippen molar-refractivity contribution in [2.75, 3.05) is 19.7 Å². The fraction of sp³-hybridized carbons (Fsp3) is 0.300. The minimum atomic E-state index is -0.0767. The van der Waals surface area contributed by atoms with Gasteiger partial charge in [0.15, 0.2) is 5.82 Å². The number of hydrogen-bond acceptors (Lipinski definition) is 3. The second kappa shape index (κ2) is 7.94. The number of rotatable bonds is 7. The number of ether oxygens (including phenoxy) is 1. The van der Waals surface area contributed by atoms with Crippen LogP contribution in [0.5, 0.6) is 5.75 Å². The van der Waals surface area contributed by atoms with Crippen LogP contribution in [0.3, 0.4) is 0 Å². The summed E-state index contributed by atoms with van der Waals surface area (Å²) in [6.45, 7) is 7.26. The maximum absolute atomic E-state index is 12.2. The molecule has 1 atom stereocenters. The molecule has 0 amide bonds. The maximum atomic E-state index is 12.2. The van der Waals surface area contributed by atoms with Gasteiger partial charge in [0.1, 0.15) is 25.4 Å². The number of likely N-dealkylation sites (N-methyl/N-ethyl adjacent to an activating group) is 1. The van der Waals surface area contributed by atoms with Gasteiger partial charge < -0.3 is 14.6 Å². The second-order valence-electron chi connectivity index (χ2n) is 6.17. The van der Waals surface area contributed by atoms with Crippen molar-refractivity contribution in [1.82, 2.24) is 9.97 Å². The fourth-order valence-electron chi connectivity index (χ4n) is 2.87. The van der Waals surface area contributed by atoms with E-state index >= 15 is 0 Å². The summed E-state index contributed by atoms with van der Waals surface area (Å²) in [6, 6.07) is 15.5. The van der Waals surface area contributed by atoms with Gasteiger partial charge in [0.05, 0.1) is 17.4 Å². The standard InChI is InChI=1S/C20H23N3O2/c1-3-23(12-13-25-18-11-7-4-8-15(18)2)14-19-21-17-10-6-5-9-16(17)20(24)22-19/h4-11H,3,12-14H2,1-2H3,(H,21,22,24)/p+1. The molecule has 0 aliphatic carbocycles. The molecule has 0 fully saturated rings. The van der Waals surface area contributed by atoms with Gasteiger partial charge in [0, 0.05) is 0 Å². The number of nitrogens with zero attached hydrogens (tertiary/aromatic N) is 1. The number of hydrogen-bond donors (Lipinski definition) is 2. The number of aromatic amines is 1. The number of para-hydroxylation sites is 2. The van der Waals surface area contributed by atoms with E-state index in [0.29, 0.717) is 18.5 Å². The highest BCUT2D eigenvalue weighted by molar-refractivity contribution is 5.77. The van der Waals surface area contributed by atoms with E-state index in [1.165, 1.54) is 4.90 Å². The number of aromatic nitrogens is 2. The molecule has 5 heteroatoms. The van der Waals surface area contributed by atoms with Crippen LogP contribution in [-0.4, -0.2) is 29.7 Å². The Balaban J connectivity index is 1.64. The van der Waals surface area contributed by atoms with E-state index in [1.807, 2.05) is 49.4 Å². The molecule has 1 unspecified atom stereocenters. The Morgan fingerprint density at radius 1 is 1.12 bits per heavy atom. The van der Waals surface area contributed by atoms with E-state index in [-0.39, 0.29) is 5.56 Å². The lowest BCUT2D eigenvalue weighted by atomic mass is 10.2. The SMILES string of the molecule is CC[NH+](CCOc1ccccc1C)Cc1nc2ccccc2c(=O)[nH]1. The highest BCUT2D eigenvalue weighted by atomic mass is 16.5. The minimum Gasteiger partial charge on any atom is -0.487 e. The van der Waals surface area contributed by atoms with Crippen molar-refractivity contribution >= 4 is 10.9 Å². The van der Waals surface area contributed by atoms with Crippen LogP contribution in [0.2, 0.25) is 0 Å². The van der Waals surface area contributed by atoms with Gasteiger partial charge in [-0.15, -0.1) is 0 Å². The molecule has 3 aromatic rings. The van der Waals surface area contributed by atoms with Crippen molar-refractivity contribution in [2.24, 2.45) is 0 Å². The van der Waals surface area contributed by atoms with E-state index in [2.05, 4.69) is 16.9 Å². The third kappa shape index (κ3) is 4.25. The summed E-state index contributed by atoms with van der Waals surface area (Å²) < 4.78 is 5.89. The average Bonchev–Trinajstić information content (AvgIpc) is 2.62. The molecule has 0 bridgehead atoms. The zero-order valence-electron chi connectivity index (χ0n) is 14.7. The first-order valence-corrected chi connectivity index (χ1v) is 8.67. The van der Waals surface area contributed by atoms with Crippen LogP contribution >= 0.6 is 0 Å². The highest BCUT2D eigenvalue weighted by Gasteiger charge is 2.11. The van der Waals surface area contributed by atoms with E-state index < -0.39 is 0 Å². The van der Waals surface area contributed by atoms with E-state index in [9.17, 15) is 4.79 Å². The maximum Gasteiger partial charge on any atom is 0.258 e. The molecule has 0 aliphatic rings. The Labute approximate surface area is 147 Å². The first kappa shape index (κ1) is 17.2. The molecule has 1 aromatic heterocycles. The molecule has 0 saturated heterocycles. The van der Waals surface area contributed by atoms with Gasteiger partial charge >= 0.3 is 0 Å². The van der Waals surface area contributed by atoms with Gasteiger partial charge in [0.25, 0.3) is 5.56 Å². The lowest BCUT2D eigenvalue weighted by Gasteiger charge is -2.18. The number of nitrogens with one attached hydrogen (secondary N) is 2. The first-order valence-electron chi connectivity index (χ1n) is 8.67. The van der Waals surface area contributed by atoms with Crippen LogP contribution < -0.4 is 15.2 Å². The molecule has 2 aromatic carbocycles. The third-order valence-corrected chi connectivity index (χ3v) is 4.39. The van der Waals surface area contributed by atoms with Crippen molar-refractivity contribution in [2.45, 2.75) is 20.4 Å². The monoisotopic (exact) mass is 338 g/mol. The summed E-state index contributed by atoms with van der Waals surface area (Å²) >= 11 is 0. The molecule has 1 heterocycles. The first-order chi connectivity index (χ1) is 12.2. The Bertz CT molecular complexity index is 905.